The third kappa shape index (κ3) is 5.70. The van der Waals surface area contributed by atoms with E-state index in [-0.39, 0.29) is 11.9 Å². The molecule has 0 atom stereocenters. The summed E-state index contributed by atoms with van der Waals surface area (Å²) in [5.74, 6) is 1.72. The highest BCUT2D eigenvalue weighted by Gasteiger charge is 2.17. The average Bonchev–Trinajstić information content (AvgIpc) is 3.60. The molecule has 0 aliphatic rings. The van der Waals surface area contributed by atoms with Crippen molar-refractivity contribution in [1.82, 2.24) is 14.8 Å². The number of methoxy groups -OCH3 is 1. The van der Waals surface area contributed by atoms with Crippen molar-refractivity contribution >= 4 is 11.6 Å². The number of furan rings is 1. The SMILES string of the molecule is COc1ccc(CCOc2nc(-c3ccco3)n(-c3ccc(NC(=O)c4ccc(C)cc4)cc3)n2)cc1. The van der Waals surface area contributed by atoms with Crippen molar-refractivity contribution in [3.8, 4) is 29.0 Å². The number of ether oxygens (including phenoxy) is 2. The number of carbonyl (C=O) groups is 1. The van der Waals surface area contributed by atoms with Crippen LogP contribution in [-0.2, 0) is 6.42 Å². The van der Waals surface area contributed by atoms with Crippen LogP contribution >= 0.6 is 0 Å². The van der Waals surface area contributed by atoms with Crippen molar-refractivity contribution in [2.75, 3.05) is 19.0 Å². The van der Waals surface area contributed by atoms with Gasteiger partial charge in [-0.05, 0) is 73.2 Å². The highest BCUT2D eigenvalue weighted by atomic mass is 16.5. The molecule has 2 heterocycles. The lowest BCUT2D eigenvalue weighted by Crippen LogP contribution is -2.11. The Bertz CT molecular complexity index is 1460. The van der Waals surface area contributed by atoms with Crippen LogP contribution in [0.25, 0.3) is 17.3 Å². The van der Waals surface area contributed by atoms with Gasteiger partial charge in [-0.2, -0.15) is 4.98 Å². The standard InChI is InChI=1S/C29H26N4O4/c1-20-5-9-22(10-6-20)28(34)30-23-11-13-24(14-12-23)33-27(26-4-3-18-36-26)31-29(32-33)37-19-17-21-7-15-25(35-2)16-8-21/h3-16,18H,17,19H2,1-2H3,(H,30,34). The van der Waals surface area contributed by atoms with Crippen molar-refractivity contribution < 1.29 is 18.7 Å². The molecule has 1 N–H and O–H groups in total. The van der Waals surface area contributed by atoms with Crippen LogP contribution in [0, 0.1) is 6.92 Å². The fraction of sp³-hybridized carbons (Fsp3) is 0.138. The summed E-state index contributed by atoms with van der Waals surface area (Å²) in [6, 6.07) is 26.5. The second kappa shape index (κ2) is 10.8. The second-order valence-electron chi connectivity index (χ2n) is 8.42. The van der Waals surface area contributed by atoms with Crippen LogP contribution in [0.5, 0.6) is 11.8 Å². The molecule has 186 valence electrons. The Balaban J connectivity index is 1.30. The summed E-state index contributed by atoms with van der Waals surface area (Å²) in [7, 11) is 1.64. The minimum absolute atomic E-state index is 0.169. The predicted molar refractivity (Wildman–Crippen MR) is 140 cm³/mol. The fourth-order valence-electron chi connectivity index (χ4n) is 3.75. The van der Waals surface area contributed by atoms with Gasteiger partial charge in [-0.15, -0.1) is 5.10 Å². The summed E-state index contributed by atoms with van der Waals surface area (Å²) in [6.45, 7) is 2.40. The van der Waals surface area contributed by atoms with Crippen LogP contribution < -0.4 is 14.8 Å². The summed E-state index contributed by atoms with van der Waals surface area (Å²) >= 11 is 0. The Labute approximate surface area is 214 Å². The Morgan fingerprint density at radius 1 is 0.973 bits per heavy atom. The number of nitrogens with zero attached hydrogens (tertiary/aromatic N) is 3. The maximum atomic E-state index is 12.6. The van der Waals surface area contributed by atoms with Crippen LogP contribution in [0.15, 0.2) is 95.6 Å². The maximum Gasteiger partial charge on any atom is 0.336 e. The number of amides is 1. The topological polar surface area (TPSA) is 91.4 Å². The van der Waals surface area contributed by atoms with Crippen LogP contribution in [0.3, 0.4) is 0 Å². The van der Waals surface area contributed by atoms with E-state index in [0.29, 0.717) is 35.9 Å². The molecule has 0 fully saturated rings. The van der Waals surface area contributed by atoms with E-state index in [9.17, 15) is 4.79 Å². The number of hydrogen-bond donors (Lipinski definition) is 1. The molecule has 8 heteroatoms. The first kappa shape index (κ1) is 23.9. The molecule has 5 aromatic rings. The largest absolute Gasteiger partial charge is 0.497 e. The molecule has 0 aliphatic heterocycles. The van der Waals surface area contributed by atoms with E-state index in [1.807, 2.05) is 73.7 Å². The van der Waals surface area contributed by atoms with Gasteiger partial charge in [0.15, 0.2) is 5.76 Å². The summed E-state index contributed by atoms with van der Waals surface area (Å²) in [6.07, 6.45) is 2.28. The number of carbonyl (C=O) groups excluding carboxylic acids is 1. The van der Waals surface area contributed by atoms with E-state index in [2.05, 4.69) is 15.4 Å². The van der Waals surface area contributed by atoms with Crippen molar-refractivity contribution in [3.05, 3.63) is 108 Å². The Kier molecular flexibility index (Phi) is 6.98. The zero-order valence-corrected chi connectivity index (χ0v) is 20.5. The summed E-state index contributed by atoms with van der Waals surface area (Å²) < 4.78 is 18.3. The first-order chi connectivity index (χ1) is 18.1. The van der Waals surface area contributed by atoms with Gasteiger partial charge >= 0.3 is 6.01 Å². The lowest BCUT2D eigenvalue weighted by molar-refractivity contribution is 0.102. The molecular weight excluding hydrogens is 468 g/mol. The third-order valence-corrected chi connectivity index (χ3v) is 5.79. The van der Waals surface area contributed by atoms with Gasteiger partial charge < -0.3 is 19.2 Å². The van der Waals surface area contributed by atoms with Gasteiger partial charge in [0.25, 0.3) is 5.91 Å². The van der Waals surface area contributed by atoms with Gasteiger partial charge in [0.2, 0.25) is 5.82 Å². The molecule has 0 aliphatic carbocycles. The molecule has 0 saturated heterocycles. The normalized spacial score (nSPS) is 10.8. The van der Waals surface area contributed by atoms with E-state index in [4.69, 9.17) is 13.9 Å². The first-order valence-electron chi connectivity index (χ1n) is 11.8. The smallest absolute Gasteiger partial charge is 0.336 e. The highest BCUT2D eigenvalue weighted by Crippen LogP contribution is 2.25. The lowest BCUT2D eigenvalue weighted by atomic mass is 10.1. The molecule has 3 aromatic carbocycles. The van der Waals surface area contributed by atoms with E-state index in [0.717, 1.165) is 22.6 Å². The zero-order chi connectivity index (χ0) is 25.6. The van der Waals surface area contributed by atoms with Gasteiger partial charge in [-0.1, -0.05) is 29.8 Å². The van der Waals surface area contributed by atoms with E-state index < -0.39 is 0 Å². The number of hydrogen-bond acceptors (Lipinski definition) is 6. The minimum atomic E-state index is -0.169. The fourth-order valence-corrected chi connectivity index (χ4v) is 3.75. The molecule has 0 radical (unpaired) electrons. The van der Waals surface area contributed by atoms with Crippen LogP contribution in [0.4, 0.5) is 5.69 Å². The molecular formula is C29H26N4O4. The molecule has 5 rings (SSSR count). The van der Waals surface area contributed by atoms with Gasteiger partial charge in [-0.3, -0.25) is 4.79 Å². The van der Waals surface area contributed by atoms with Crippen LogP contribution in [0.1, 0.15) is 21.5 Å². The number of nitrogens with one attached hydrogen (secondary N) is 1. The van der Waals surface area contributed by atoms with Crippen LogP contribution in [0.2, 0.25) is 0 Å². The average molecular weight is 495 g/mol. The highest BCUT2D eigenvalue weighted by molar-refractivity contribution is 6.04. The maximum absolute atomic E-state index is 12.6. The Morgan fingerprint density at radius 2 is 1.73 bits per heavy atom. The number of anilines is 1. The van der Waals surface area contributed by atoms with Crippen LogP contribution in [-0.4, -0.2) is 34.4 Å². The predicted octanol–water partition coefficient (Wildman–Crippen LogP) is 5.72. The van der Waals surface area contributed by atoms with Crippen molar-refractivity contribution in [2.45, 2.75) is 13.3 Å². The Morgan fingerprint density at radius 3 is 2.41 bits per heavy atom. The Hall–Kier alpha value is -4.85. The van der Waals surface area contributed by atoms with E-state index >= 15 is 0 Å². The zero-order valence-electron chi connectivity index (χ0n) is 20.5. The molecule has 0 unspecified atom stereocenters. The van der Waals surface area contributed by atoms with E-state index in [1.54, 1.807) is 36.3 Å². The number of rotatable bonds is 9. The molecule has 0 bridgehead atoms. The third-order valence-electron chi connectivity index (χ3n) is 5.79. The molecule has 2 aromatic heterocycles. The lowest BCUT2D eigenvalue weighted by Gasteiger charge is -2.08. The quantitative estimate of drug-likeness (QED) is 0.282. The first-order valence-corrected chi connectivity index (χ1v) is 11.8. The van der Waals surface area contributed by atoms with Crippen molar-refractivity contribution in [2.24, 2.45) is 0 Å². The van der Waals surface area contributed by atoms with Gasteiger partial charge in [0.05, 0.1) is 25.7 Å². The summed E-state index contributed by atoms with van der Waals surface area (Å²) in [5, 5.41) is 7.48. The number of aromatic nitrogens is 3. The molecule has 0 spiro atoms. The molecule has 37 heavy (non-hydrogen) atoms. The molecule has 1 amide bonds. The van der Waals surface area contributed by atoms with Gasteiger partial charge in [0, 0.05) is 17.7 Å². The second-order valence-corrected chi connectivity index (χ2v) is 8.42. The summed E-state index contributed by atoms with van der Waals surface area (Å²) in [4.78, 5) is 17.1. The van der Waals surface area contributed by atoms with Crippen molar-refractivity contribution in [1.29, 1.82) is 0 Å². The number of benzene rings is 3. The van der Waals surface area contributed by atoms with Crippen molar-refractivity contribution in [3.63, 3.8) is 0 Å². The molecule has 8 nitrogen and oxygen atoms in total. The minimum Gasteiger partial charge on any atom is -0.497 e. The van der Waals surface area contributed by atoms with Gasteiger partial charge in [-0.25, -0.2) is 4.68 Å². The molecule has 0 saturated carbocycles. The van der Waals surface area contributed by atoms with Gasteiger partial charge in [0.1, 0.15) is 5.75 Å². The van der Waals surface area contributed by atoms with E-state index in [1.165, 1.54) is 0 Å². The summed E-state index contributed by atoms with van der Waals surface area (Å²) in [5.41, 5.74) is 4.24. The monoisotopic (exact) mass is 494 g/mol. The number of aryl methyl sites for hydroxylation is 1.